The summed E-state index contributed by atoms with van der Waals surface area (Å²) in [7, 11) is 0. The monoisotopic (exact) mass is 242 g/mol. The van der Waals surface area contributed by atoms with E-state index >= 15 is 0 Å². The SMILES string of the molecule is CC[C@@H](N)c1ccc(CNS(=O)O)c(C)c1. The first-order valence-corrected chi connectivity index (χ1v) is 6.34. The molecule has 1 unspecified atom stereocenters. The molecule has 16 heavy (non-hydrogen) atoms. The van der Waals surface area contributed by atoms with Gasteiger partial charge in [0.1, 0.15) is 0 Å². The predicted octanol–water partition coefficient (Wildman–Crippen LogP) is 1.63. The van der Waals surface area contributed by atoms with E-state index < -0.39 is 11.3 Å². The van der Waals surface area contributed by atoms with E-state index in [4.69, 9.17) is 10.3 Å². The molecule has 0 aliphatic carbocycles. The molecule has 0 aliphatic heterocycles. The third kappa shape index (κ3) is 3.68. The second-order valence-electron chi connectivity index (χ2n) is 3.77. The minimum Gasteiger partial charge on any atom is -0.324 e. The molecule has 0 spiro atoms. The molecule has 0 aliphatic rings. The summed E-state index contributed by atoms with van der Waals surface area (Å²) >= 11 is -1.96. The van der Waals surface area contributed by atoms with E-state index in [-0.39, 0.29) is 6.04 Å². The molecule has 1 rings (SSSR count). The highest BCUT2D eigenvalue weighted by Gasteiger charge is 2.06. The molecule has 90 valence electrons. The van der Waals surface area contributed by atoms with Gasteiger partial charge in [-0.2, -0.15) is 0 Å². The van der Waals surface area contributed by atoms with Crippen LogP contribution in [0.2, 0.25) is 0 Å². The molecule has 4 N–H and O–H groups in total. The standard InChI is InChI=1S/C11H18N2O2S/c1-3-11(12)9-4-5-10(8(2)6-9)7-13-16(14)15/h4-6,11,13H,3,7,12H2,1-2H3,(H,14,15)/t11-/m1/s1. The highest BCUT2D eigenvalue weighted by Crippen LogP contribution is 2.17. The summed E-state index contributed by atoms with van der Waals surface area (Å²) in [6, 6.07) is 6.01. The smallest absolute Gasteiger partial charge is 0.232 e. The van der Waals surface area contributed by atoms with E-state index in [2.05, 4.69) is 4.72 Å². The van der Waals surface area contributed by atoms with Crippen molar-refractivity contribution in [2.24, 2.45) is 5.73 Å². The average molecular weight is 242 g/mol. The molecule has 1 aromatic rings. The van der Waals surface area contributed by atoms with Gasteiger partial charge in [0.05, 0.1) is 0 Å². The zero-order valence-corrected chi connectivity index (χ0v) is 10.4. The van der Waals surface area contributed by atoms with Gasteiger partial charge in [0, 0.05) is 12.6 Å². The Hall–Kier alpha value is -0.750. The fraction of sp³-hybridized carbons (Fsp3) is 0.455. The Kier molecular flexibility index (Phi) is 5.08. The second-order valence-corrected chi connectivity index (χ2v) is 4.56. The molecule has 2 atom stereocenters. The number of hydrogen-bond acceptors (Lipinski definition) is 2. The molecule has 0 amide bonds. The van der Waals surface area contributed by atoms with Crippen LogP contribution in [0, 0.1) is 6.92 Å². The molecular weight excluding hydrogens is 224 g/mol. The van der Waals surface area contributed by atoms with E-state index in [1.165, 1.54) is 0 Å². The molecule has 0 saturated heterocycles. The Balaban J connectivity index is 2.79. The van der Waals surface area contributed by atoms with Gasteiger partial charge in [0.2, 0.25) is 11.3 Å². The normalized spacial score (nSPS) is 14.8. The molecule has 0 saturated carbocycles. The highest BCUT2D eigenvalue weighted by atomic mass is 32.2. The average Bonchev–Trinajstić information content (AvgIpc) is 2.26. The van der Waals surface area contributed by atoms with Crippen molar-refractivity contribution in [2.45, 2.75) is 32.9 Å². The lowest BCUT2D eigenvalue weighted by Gasteiger charge is -2.12. The number of benzene rings is 1. The van der Waals surface area contributed by atoms with Gasteiger partial charge in [-0.3, -0.25) is 4.55 Å². The highest BCUT2D eigenvalue weighted by molar-refractivity contribution is 7.77. The van der Waals surface area contributed by atoms with E-state index in [1.54, 1.807) is 0 Å². The van der Waals surface area contributed by atoms with Gasteiger partial charge in [-0.15, -0.1) is 0 Å². The van der Waals surface area contributed by atoms with E-state index in [9.17, 15) is 4.21 Å². The van der Waals surface area contributed by atoms with Crippen LogP contribution in [0.15, 0.2) is 18.2 Å². The van der Waals surface area contributed by atoms with Crippen LogP contribution >= 0.6 is 0 Å². The minimum absolute atomic E-state index is 0.0627. The summed E-state index contributed by atoms with van der Waals surface area (Å²) in [6.45, 7) is 4.41. The molecule has 0 fully saturated rings. The molecule has 0 radical (unpaired) electrons. The number of nitrogens with two attached hydrogens (primary N) is 1. The zero-order chi connectivity index (χ0) is 12.1. The third-order valence-corrected chi connectivity index (χ3v) is 3.01. The lowest BCUT2D eigenvalue weighted by molar-refractivity contribution is 0.548. The van der Waals surface area contributed by atoms with Crippen molar-refractivity contribution in [3.05, 3.63) is 34.9 Å². The molecular formula is C11H18N2O2S. The maximum absolute atomic E-state index is 10.5. The maximum atomic E-state index is 10.5. The summed E-state index contributed by atoms with van der Waals surface area (Å²) in [5.41, 5.74) is 9.13. The Morgan fingerprint density at radius 1 is 1.56 bits per heavy atom. The van der Waals surface area contributed by atoms with Crippen LogP contribution in [0.3, 0.4) is 0 Å². The Morgan fingerprint density at radius 3 is 2.75 bits per heavy atom. The summed E-state index contributed by atoms with van der Waals surface area (Å²) in [4.78, 5) is 0. The molecule has 0 bridgehead atoms. The van der Waals surface area contributed by atoms with Gasteiger partial charge in [0.15, 0.2) is 0 Å². The van der Waals surface area contributed by atoms with Crippen LogP contribution in [0.5, 0.6) is 0 Å². The largest absolute Gasteiger partial charge is 0.324 e. The Bertz CT molecular complexity index is 382. The number of aryl methyl sites for hydroxylation is 1. The van der Waals surface area contributed by atoms with Crippen LogP contribution in [-0.2, 0) is 17.8 Å². The second kappa shape index (κ2) is 6.10. The van der Waals surface area contributed by atoms with E-state index in [0.717, 1.165) is 23.1 Å². The number of hydrogen-bond donors (Lipinski definition) is 3. The fourth-order valence-corrected chi connectivity index (χ4v) is 1.80. The maximum Gasteiger partial charge on any atom is 0.232 e. The Labute approximate surface area is 98.7 Å². The lowest BCUT2D eigenvalue weighted by Crippen LogP contribution is -2.16. The summed E-state index contributed by atoms with van der Waals surface area (Å²) in [6.07, 6.45) is 0.900. The van der Waals surface area contributed by atoms with E-state index in [0.29, 0.717) is 6.54 Å². The van der Waals surface area contributed by atoms with Gasteiger partial charge < -0.3 is 5.73 Å². The lowest BCUT2D eigenvalue weighted by atomic mass is 9.99. The van der Waals surface area contributed by atoms with E-state index in [1.807, 2.05) is 32.0 Å². The summed E-state index contributed by atoms with van der Waals surface area (Å²) < 4.78 is 21.6. The van der Waals surface area contributed by atoms with Gasteiger partial charge in [0.25, 0.3) is 0 Å². The van der Waals surface area contributed by atoms with Crippen LogP contribution in [-0.4, -0.2) is 8.76 Å². The van der Waals surface area contributed by atoms with Crippen LogP contribution in [0.1, 0.15) is 36.1 Å². The molecule has 0 heterocycles. The molecule has 0 aromatic heterocycles. The van der Waals surface area contributed by atoms with Crippen molar-refractivity contribution >= 4 is 11.3 Å². The molecule has 1 aromatic carbocycles. The van der Waals surface area contributed by atoms with Crippen molar-refractivity contribution in [1.82, 2.24) is 4.72 Å². The minimum atomic E-state index is -1.96. The number of rotatable bonds is 5. The third-order valence-electron chi connectivity index (χ3n) is 2.62. The summed E-state index contributed by atoms with van der Waals surface area (Å²) in [5, 5.41) is 0. The summed E-state index contributed by atoms with van der Waals surface area (Å²) in [5.74, 6) is 0. The van der Waals surface area contributed by atoms with Gasteiger partial charge in [-0.05, 0) is 30.0 Å². The first kappa shape index (κ1) is 13.3. The van der Waals surface area contributed by atoms with Crippen LogP contribution in [0.25, 0.3) is 0 Å². The van der Waals surface area contributed by atoms with Gasteiger partial charge >= 0.3 is 0 Å². The van der Waals surface area contributed by atoms with Crippen LogP contribution < -0.4 is 10.5 Å². The first-order valence-electron chi connectivity index (χ1n) is 5.24. The van der Waals surface area contributed by atoms with Crippen molar-refractivity contribution in [1.29, 1.82) is 0 Å². The molecule has 4 nitrogen and oxygen atoms in total. The van der Waals surface area contributed by atoms with Crippen molar-refractivity contribution < 1.29 is 8.76 Å². The predicted molar refractivity (Wildman–Crippen MR) is 66.0 cm³/mol. The van der Waals surface area contributed by atoms with Gasteiger partial charge in [-0.1, -0.05) is 25.1 Å². The van der Waals surface area contributed by atoms with Crippen LogP contribution in [0.4, 0.5) is 0 Å². The van der Waals surface area contributed by atoms with Crippen molar-refractivity contribution in [3.8, 4) is 0 Å². The van der Waals surface area contributed by atoms with Crippen molar-refractivity contribution in [3.63, 3.8) is 0 Å². The quantitative estimate of drug-likeness (QED) is 0.687. The van der Waals surface area contributed by atoms with Crippen molar-refractivity contribution in [2.75, 3.05) is 0 Å². The first-order chi connectivity index (χ1) is 7.54. The fourth-order valence-electron chi connectivity index (χ4n) is 1.52. The van der Waals surface area contributed by atoms with Gasteiger partial charge in [-0.25, -0.2) is 8.93 Å². The Morgan fingerprint density at radius 2 is 2.25 bits per heavy atom. The molecule has 5 heteroatoms. The number of nitrogens with one attached hydrogen (secondary N) is 1. The topological polar surface area (TPSA) is 75.3 Å². The zero-order valence-electron chi connectivity index (χ0n) is 9.56.